The van der Waals surface area contributed by atoms with Gasteiger partial charge in [0.05, 0.1) is 19.6 Å². The van der Waals surface area contributed by atoms with Crippen molar-refractivity contribution < 1.29 is 23.7 Å². The molecule has 5 nitrogen and oxygen atoms in total. The van der Waals surface area contributed by atoms with E-state index in [1.165, 1.54) is 0 Å². The van der Waals surface area contributed by atoms with Gasteiger partial charge < -0.3 is 23.7 Å². The van der Waals surface area contributed by atoms with Crippen LogP contribution in [0.4, 0.5) is 0 Å². The normalized spacial score (nSPS) is 23.0. The second-order valence-corrected chi connectivity index (χ2v) is 4.90. The first-order chi connectivity index (χ1) is 7.15. The van der Waals surface area contributed by atoms with Gasteiger partial charge in [0, 0.05) is 37.3 Å². The van der Waals surface area contributed by atoms with E-state index in [9.17, 15) is 0 Å². The molecule has 90 valence electrons. The van der Waals surface area contributed by atoms with Crippen LogP contribution >= 0.6 is 0 Å². The van der Waals surface area contributed by atoms with E-state index in [4.69, 9.17) is 23.7 Å². The van der Waals surface area contributed by atoms with Crippen LogP contribution in [0.5, 0.6) is 0 Å². The van der Waals surface area contributed by atoms with E-state index in [0.717, 1.165) is 16.8 Å². The molecule has 1 aliphatic rings. The van der Waals surface area contributed by atoms with Gasteiger partial charge in [0.15, 0.2) is 0 Å². The molecule has 0 spiro atoms. The molecule has 0 radical (unpaired) electrons. The van der Waals surface area contributed by atoms with E-state index >= 15 is 0 Å². The molecule has 2 atom stereocenters. The quantitative estimate of drug-likeness (QED) is 0.310. The lowest BCUT2D eigenvalue weighted by Crippen LogP contribution is -2.42. The van der Waals surface area contributed by atoms with E-state index in [0.29, 0.717) is 13.0 Å². The maximum Gasteiger partial charge on any atom is 0.284 e. The summed E-state index contributed by atoms with van der Waals surface area (Å²) in [6, 6.07) is 0. The molecule has 1 fully saturated rings. The number of rotatable bonds is 8. The average Bonchev–Trinajstić information content (AvgIpc) is 3.08. The molecule has 15 heavy (non-hydrogen) atoms. The zero-order chi connectivity index (χ0) is 11.3. The maximum atomic E-state index is 5.60. The van der Waals surface area contributed by atoms with Gasteiger partial charge in [0.2, 0.25) is 0 Å². The molecule has 6 heteroatoms. The van der Waals surface area contributed by atoms with Gasteiger partial charge in [-0.2, -0.15) is 0 Å². The van der Waals surface area contributed by atoms with Crippen molar-refractivity contribution in [1.82, 2.24) is 0 Å². The number of epoxide rings is 1. The van der Waals surface area contributed by atoms with Crippen LogP contribution < -0.4 is 0 Å². The minimum Gasteiger partial charge on any atom is -0.386 e. The fourth-order valence-corrected chi connectivity index (χ4v) is 1.75. The topological polar surface area (TPSA) is 49.5 Å². The predicted octanol–water partition coefficient (Wildman–Crippen LogP) is -0.924. The van der Waals surface area contributed by atoms with Gasteiger partial charge in [-0.25, -0.2) is 0 Å². The summed E-state index contributed by atoms with van der Waals surface area (Å²) in [5, 5.41) is 0. The van der Waals surface area contributed by atoms with Crippen molar-refractivity contribution in [2.45, 2.75) is 24.2 Å². The SMILES string of the molecule is COC([SiH3])CC(OC)(OC)OCC1CO1. The van der Waals surface area contributed by atoms with Crippen LogP contribution in [0.2, 0.25) is 0 Å². The first-order valence-corrected chi connectivity index (χ1v) is 6.20. The molecule has 2 unspecified atom stereocenters. The lowest BCUT2D eigenvalue weighted by atomic mass is 10.3. The van der Waals surface area contributed by atoms with Crippen molar-refractivity contribution in [3.63, 3.8) is 0 Å². The van der Waals surface area contributed by atoms with Crippen LogP contribution in [0.25, 0.3) is 0 Å². The summed E-state index contributed by atoms with van der Waals surface area (Å²) >= 11 is 0. The molecule has 0 aliphatic carbocycles. The third kappa shape index (κ3) is 4.18. The van der Waals surface area contributed by atoms with Gasteiger partial charge in [-0.15, -0.1) is 0 Å². The second-order valence-electron chi connectivity index (χ2n) is 3.61. The second kappa shape index (κ2) is 5.93. The van der Waals surface area contributed by atoms with Crippen molar-refractivity contribution >= 4 is 10.2 Å². The Balaban J connectivity index is 2.41. The fraction of sp³-hybridized carbons (Fsp3) is 1.00. The molecule has 0 aromatic carbocycles. The molecule has 0 bridgehead atoms. The summed E-state index contributed by atoms with van der Waals surface area (Å²) in [6.07, 6.45) is 0.778. The minimum atomic E-state index is -0.992. The van der Waals surface area contributed by atoms with Gasteiger partial charge in [-0.05, 0) is 0 Å². The summed E-state index contributed by atoms with van der Waals surface area (Å²) in [5.41, 5.74) is 0.144. The van der Waals surface area contributed by atoms with E-state index in [-0.39, 0.29) is 11.8 Å². The molecule has 0 aromatic rings. The highest BCUT2D eigenvalue weighted by Gasteiger charge is 2.36. The molecule has 0 saturated carbocycles. The molecular formula is C9H20O5Si. The van der Waals surface area contributed by atoms with Crippen molar-refractivity contribution in [3.8, 4) is 0 Å². The maximum absolute atomic E-state index is 5.60. The van der Waals surface area contributed by atoms with E-state index in [2.05, 4.69) is 0 Å². The molecular weight excluding hydrogens is 216 g/mol. The predicted molar refractivity (Wildman–Crippen MR) is 57.8 cm³/mol. The Labute approximate surface area is 93.4 Å². The number of ether oxygens (including phenoxy) is 5. The molecule has 1 aliphatic heterocycles. The summed E-state index contributed by atoms with van der Waals surface area (Å²) in [5.74, 6) is -0.992. The van der Waals surface area contributed by atoms with Crippen molar-refractivity contribution in [3.05, 3.63) is 0 Å². The Hall–Kier alpha value is 0.0169. The molecule has 1 saturated heterocycles. The van der Waals surface area contributed by atoms with E-state index in [1.807, 2.05) is 0 Å². The summed E-state index contributed by atoms with van der Waals surface area (Å²) < 4.78 is 26.4. The van der Waals surface area contributed by atoms with Gasteiger partial charge in [-0.1, -0.05) is 0 Å². The Morgan fingerprint density at radius 2 is 2.00 bits per heavy atom. The largest absolute Gasteiger partial charge is 0.386 e. The Bertz CT molecular complexity index is 181. The van der Waals surface area contributed by atoms with Crippen molar-refractivity contribution in [2.24, 2.45) is 0 Å². The van der Waals surface area contributed by atoms with Gasteiger partial charge in [0.25, 0.3) is 5.97 Å². The Morgan fingerprint density at radius 1 is 1.40 bits per heavy atom. The van der Waals surface area contributed by atoms with Gasteiger partial charge in [0.1, 0.15) is 6.10 Å². The van der Waals surface area contributed by atoms with Crippen LogP contribution in [0.15, 0.2) is 0 Å². The van der Waals surface area contributed by atoms with Crippen molar-refractivity contribution in [2.75, 3.05) is 34.5 Å². The van der Waals surface area contributed by atoms with Crippen molar-refractivity contribution in [1.29, 1.82) is 0 Å². The van der Waals surface area contributed by atoms with Gasteiger partial charge >= 0.3 is 0 Å². The van der Waals surface area contributed by atoms with Crippen LogP contribution in [0.1, 0.15) is 6.42 Å². The zero-order valence-corrected chi connectivity index (χ0v) is 11.8. The molecule has 1 heterocycles. The van der Waals surface area contributed by atoms with Crippen LogP contribution in [-0.2, 0) is 23.7 Å². The molecule has 0 N–H and O–H groups in total. The molecule has 1 rings (SSSR count). The zero-order valence-electron chi connectivity index (χ0n) is 9.82. The fourth-order valence-electron chi connectivity index (χ4n) is 1.25. The third-order valence-electron chi connectivity index (χ3n) is 2.45. The van der Waals surface area contributed by atoms with E-state index in [1.54, 1.807) is 21.3 Å². The first kappa shape index (κ1) is 13.1. The van der Waals surface area contributed by atoms with Gasteiger partial charge in [-0.3, -0.25) is 0 Å². The lowest BCUT2D eigenvalue weighted by molar-refractivity contribution is -0.369. The number of hydrogen-bond acceptors (Lipinski definition) is 5. The third-order valence-corrected chi connectivity index (χ3v) is 3.33. The lowest BCUT2D eigenvalue weighted by Gasteiger charge is -2.32. The Kier molecular flexibility index (Phi) is 5.17. The summed E-state index contributed by atoms with van der Waals surface area (Å²) in [7, 11) is 5.72. The smallest absolute Gasteiger partial charge is 0.284 e. The number of hydrogen-bond donors (Lipinski definition) is 0. The van der Waals surface area contributed by atoms with E-state index < -0.39 is 5.97 Å². The van der Waals surface area contributed by atoms with Crippen LogP contribution in [0, 0.1) is 0 Å². The first-order valence-electron chi connectivity index (χ1n) is 5.04. The number of methoxy groups -OCH3 is 3. The standard InChI is InChI=1S/C9H20O5Si/c1-10-8(15)4-9(11-2,12-3)14-6-7-5-13-7/h7-8H,4-6H2,1-3,15H3. The Morgan fingerprint density at radius 3 is 2.40 bits per heavy atom. The summed E-state index contributed by atoms with van der Waals surface area (Å²) in [4.78, 5) is 0. The highest BCUT2D eigenvalue weighted by atomic mass is 28.1. The molecule has 0 amide bonds. The van der Waals surface area contributed by atoms with Crippen LogP contribution in [-0.4, -0.2) is 62.6 Å². The summed E-state index contributed by atoms with van der Waals surface area (Å²) in [6.45, 7) is 1.26. The van der Waals surface area contributed by atoms with Crippen LogP contribution in [0.3, 0.4) is 0 Å². The molecule has 0 aromatic heterocycles. The minimum absolute atomic E-state index is 0.144. The highest BCUT2D eigenvalue weighted by molar-refractivity contribution is 6.11. The average molecular weight is 236 g/mol. The monoisotopic (exact) mass is 236 g/mol. The highest BCUT2D eigenvalue weighted by Crippen LogP contribution is 2.23.